The van der Waals surface area contributed by atoms with E-state index >= 15 is 0 Å². The fraction of sp³-hybridized carbons (Fsp3) is 0.344. The molecule has 0 aliphatic carbocycles. The van der Waals surface area contributed by atoms with E-state index in [1.54, 1.807) is 55.5 Å². The Bertz CT molecular complexity index is 1420. The van der Waals surface area contributed by atoms with Crippen LogP contribution in [0.3, 0.4) is 0 Å². The number of fused-ring (bicyclic) bond motifs is 1. The predicted octanol–water partition coefficient (Wildman–Crippen LogP) is 5.44. The fourth-order valence-corrected chi connectivity index (χ4v) is 6.14. The number of carbonyl (C=O) groups excluding carboxylic acids is 1. The van der Waals surface area contributed by atoms with E-state index in [0.717, 1.165) is 30.0 Å². The Morgan fingerprint density at radius 1 is 1.02 bits per heavy atom. The zero-order chi connectivity index (χ0) is 28.7. The second-order valence-corrected chi connectivity index (χ2v) is 12.8. The normalized spacial score (nSPS) is 16.2. The van der Waals surface area contributed by atoms with Crippen LogP contribution < -0.4 is 14.8 Å². The van der Waals surface area contributed by atoms with Crippen LogP contribution in [0, 0.1) is 5.92 Å². The summed E-state index contributed by atoms with van der Waals surface area (Å²) in [6.07, 6.45) is 1.95. The van der Waals surface area contributed by atoms with Gasteiger partial charge in [0, 0.05) is 31.1 Å². The van der Waals surface area contributed by atoms with Crippen LogP contribution in [0.25, 0.3) is 5.70 Å². The van der Waals surface area contributed by atoms with Crippen LogP contribution in [-0.2, 0) is 21.4 Å². The second-order valence-electron chi connectivity index (χ2n) is 10.8. The number of sulfonamides is 1. The van der Waals surface area contributed by atoms with Crippen LogP contribution >= 0.6 is 0 Å². The highest BCUT2D eigenvalue weighted by Gasteiger charge is 2.26. The van der Waals surface area contributed by atoms with Gasteiger partial charge in [-0.1, -0.05) is 86.6 Å². The maximum atomic E-state index is 13.3. The molecule has 3 aromatic rings. The summed E-state index contributed by atoms with van der Waals surface area (Å²) in [6, 6.07) is 23.9. The Labute approximate surface area is 238 Å². The van der Waals surface area contributed by atoms with Crippen molar-refractivity contribution in [2.75, 3.05) is 20.2 Å². The minimum absolute atomic E-state index is 0.219. The Balaban J connectivity index is 1.53. The molecule has 40 heavy (non-hydrogen) atoms. The van der Waals surface area contributed by atoms with Crippen molar-refractivity contribution < 1.29 is 17.9 Å². The summed E-state index contributed by atoms with van der Waals surface area (Å²) in [5, 5.41) is 2.26. The van der Waals surface area contributed by atoms with Crippen LogP contribution in [0.5, 0.6) is 5.75 Å². The fourth-order valence-electron chi connectivity index (χ4n) is 4.96. The lowest BCUT2D eigenvalue weighted by atomic mass is 9.98. The molecule has 0 radical (unpaired) electrons. The van der Waals surface area contributed by atoms with Crippen LogP contribution in [0.15, 0.2) is 84.9 Å². The Kier molecular flexibility index (Phi) is 9.66. The summed E-state index contributed by atoms with van der Waals surface area (Å²) >= 11 is 0. The molecule has 4 rings (SSSR count). The summed E-state index contributed by atoms with van der Waals surface area (Å²) < 4.78 is 35.3. The number of amides is 1. The minimum Gasteiger partial charge on any atom is -0.493 e. The van der Waals surface area contributed by atoms with E-state index in [9.17, 15) is 13.2 Å². The van der Waals surface area contributed by atoms with Gasteiger partial charge in [-0.3, -0.25) is 9.52 Å². The van der Waals surface area contributed by atoms with E-state index in [1.807, 2.05) is 18.2 Å². The smallest absolute Gasteiger partial charge is 0.246 e. The quantitative estimate of drug-likeness (QED) is 0.305. The Hall–Kier alpha value is -3.62. The molecule has 0 bridgehead atoms. The largest absolute Gasteiger partial charge is 0.493 e. The molecule has 1 amide bonds. The zero-order valence-electron chi connectivity index (χ0n) is 23.6. The number of nitrogens with one attached hydrogen (secondary N) is 2. The Morgan fingerprint density at radius 2 is 1.70 bits per heavy atom. The van der Waals surface area contributed by atoms with Crippen LogP contribution in [0.1, 0.15) is 60.7 Å². The molecule has 7 nitrogen and oxygen atoms in total. The second kappa shape index (κ2) is 13.2. The lowest BCUT2D eigenvalue weighted by Gasteiger charge is -2.27. The highest BCUT2D eigenvalue weighted by molar-refractivity contribution is 7.90. The Morgan fingerprint density at radius 3 is 2.38 bits per heavy atom. The predicted molar refractivity (Wildman–Crippen MR) is 160 cm³/mol. The number of carbonyl (C=O) groups is 1. The molecular weight excluding hydrogens is 522 g/mol. The molecule has 2 unspecified atom stereocenters. The number of benzene rings is 3. The van der Waals surface area contributed by atoms with Gasteiger partial charge in [0.2, 0.25) is 15.9 Å². The molecule has 8 heteroatoms. The number of ether oxygens (including phenoxy) is 1. The molecule has 1 aliphatic rings. The first-order valence-electron chi connectivity index (χ1n) is 13.7. The van der Waals surface area contributed by atoms with Crippen LogP contribution in [0.2, 0.25) is 0 Å². The van der Waals surface area contributed by atoms with Gasteiger partial charge >= 0.3 is 0 Å². The topological polar surface area (TPSA) is 87.7 Å². The molecule has 0 aromatic heterocycles. The van der Waals surface area contributed by atoms with Gasteiger partial charge in [0.25, 0.3) is 0 Å². The highest BCUT2D eigenvalue weighted by atomic mass is 32.2. The van der Waals surface area contributed by atoms with Gasteiger partial charge in [0.05, 0.1) is 18.3 Å². The maximum absolute atomic E-state index is 13.3. The average Bonchev–Trinajstić information content (AvgIpc) is 2.92. The van der Waals surface area contributed by atoms with Crippen LogP contribution in [0.4, 0.5) is 0 Å². The highest BCUT2D eigenvalue weighted by Crippen LogP contribution is 2.33. The van der Waals surface area contributed by atoms with Gasteiger partial charge in [-0.05, 0) is 42.6 Å². The van der Waals surface area contributed by atoms with Crippen molar-refractivity contribution in [3.63, 3.8) is 0 Å². The van der Waals surface area contributed by atoms with E-state index in [1.165, 1.54) is 6.08 Å². The van der Waals surface area contributed by atoms with Gasteiger partial charge in [-0.2, -0.15) is 0 Å². The third-order valence-corrected chi connectivity index (χ3v) is 8.62. The SMILES string of the molecule is CC(C)CN(C)Cc1ccc2c(c1)OCCC2NC(=O)C=C(NS(=O)(=O)C(C)c1ccccc1)c1ccccc1. The first kappa shape index (κ1) is 29.4. The molecule has 1 heterocycles. The van der Waals surface area contributed by atoms with Crippen molar-refractivity contribution >= 4 is 21.6 Å². The molecule has 0 fully saturated rings. The molecule has 2 N–H and O–H groups in total. The first-order valence-corrected chi connectivity index (χ1v) is 15.3. The van der Waals surface area contributed by atoms with Gasteiger partial charge in [0.1, 0.15) is 11.0 Å². The third kappa shape index (κ3) is 7.73. The van der Waals surface area contributed by atoms with E-state index in [-0.39, 0.29) is 17.6 Å². The van der Waals surface area contributed by atoms with Crippen LogP contribution in [-0.4, -0.2) is 39.4 Å². The molecule has 1 aliphatic heterocycles. The lowest BCUT2D eigenvalue weighted by Crippen LogP contribution is -2.33. The third-order valence-electron chi connectivity index (χ3n) is 6.91. The maximum Gasteiger partial charge on any atom is 0.246 e. The summed E-state index contributed by atoms with van der Waals surface area (Å²) in [6.45, 7) is 8.34. The minimum atomic E-state index is -3.83. The monoisotopic (exact) mass is 561 g/mol. The number of rotatable bonds is 11. The average molecular weight is 562 g/mol. The van der Waals surface area contributed by atoms with Crippen molar-refractivity contribution in [3.05, 3.63) is 107 Å². The molecule has 2 atom stereocenters. The molecule has 0 saturated heterocycles. The summed E-state index contributed by atoms with van der Waals surface area (Å²) in [7, 11) is -1.73. The summed E-state index contributed by atoms with van der Waals surface area (Å²) in [4.78, 5) is 15.6. The van der Waals surface area contributed by atoms with Gasteiger partial charge in [-0.25, -0.2) is 8.42 Å². The molecular formula is C32H39N3O4S. The van der Waals surface area contributed by atoms with E-state index < -0.39 is 15.3 Å². The molecule has 0 saturated carbocycles. The zero-order valence-corrected chi connectivity index (χ0v) is 24.4. The van der Waals surface area contributed by atoms with Crippen molar-refractivity contribution in [2.45, 2.75) is 45.0 Å². The van der Waals surface area contributed by atoms with Crippen molar-refractivity contribution in [1.82, 2.24) is 14.9 Å². The van der Waals surface area contributed by atoms with E-state index in [2.05, 4.69) is 48.0 Å². The van der Waals surface area contributed by atoms with Crippen molar-refractivity contribution in [2.24, 2.45) is 5.92 Å². The molecule has 0 spiro atoms. The number of hydrogen-bond donors (Lipinski definition) is 2. The standard InChI is InChI=1S/C32H39N3O4S/c1-23(2)21-35(4)22-25-15-16-28-29(17-18-39-31(28)19-25)33-32(36)20-30(27-13-9-6-10-14-27)34-40(37,38)24(3)26-11-7-5-8-12-26/h5-16,19-20,23-24,29,34H,17-18,21-22H2,1-4H3,(H,33,36). The lowest BCUT2D eigenvalue weighted by molar-refractivity contribution is -0.117. The van der Waals surface area contributed by atoms with Crippen molar-refractivity contribution in [1.29, 1.82) is 0 Å². The summed E-state index contributed by atoms with van der Waals surface area (Å²) in [5.41, 5.74) is 3.56. The van der Waals surface area contributed by atoms with Gasteiger partial charge in [0.15, 0.2) is 0 Å². The van der Waals surface area contributed by atoms with Gasteiger partial charge < -0.3 is 15.0 Å². The van der Waals surface area contributed by atoms with Gasteiger partial charge in [-0.15, -0.1) is 0 Å². The van der Waals surface area contributed by atoms with Crippen molar-refractivity contribution in [3.8, 4) is 5.75 Å². The summed E-state index contributed by atoms with van der Waals surface area (Å²) in [5.74, 6) is 0.975. The number of nitrogens with zero attached hydrogens (tertiary/aromatic N) is 1. The first-order chi connectivity index (χ1) is 19.1. The number of hydrogen-bond acceptors (Lipinski definition) is 5. The van der Waals surface area contributed by atoms with E-state index in [0.29, 0.717) is 30.1 Å². The van der Waals surface area contributed by atoms with E-state index in [4.69, 9.17) is 4.74 Å². The molecule has 3 aromatic carbocycles. The molecule has 212 valence electrons.